The minimum atomic E-state index is -3.63. The van der Waals surface area contributed by atoms with Crippen LogP contribution >= 0.6 is 11.3 Å². The predicted molar refractivity (Wildman–Crippen MR) is 75.1 cm³/mol. The molecule has 2 N–H and O–H groups in total. The quantitative estimate of drug-likeness (QED) is 0.811. The van der Waals surface area contributed by atoms with E-state index < -0.39 is 16.0 Å². The van der Waals surface area contributed by atoms with E-state index in [1.807, 2.05) is 6.92 Å². The van der Waals surface area contributed by atoms with Crippen LogP contribution in [0.3, 0.4) is 0 Å². The average molecular weight is 305 g/mol. The van der Waals surface area contributed by atoms with E-state index >= 15 is 0 Å². The van der Waals surface area contributed by atoms with Crippen LogP contribution in [-0.4, -0.2) is 25.5 Å². The van der Waals surface area contributed by atoms with Gasteiger partial charge < -0.3 is 5.11 Å². The summed E-state index contributed by atoms with van der Waals surface area (Å²) in [4.78, 5) is 10.8. The summed E-state index contributed by atoms with van der Waals surface area (Å²) in [5.41, 5.74) is 0. The van der Waals surface area contributed by atoms with Crippen LogP contribution in [0.15, 0.2) is 16.3 Å². The SMILES string of the molecule is CCC(C)CC(C)NS(=O)(=O)c1csc(C(=O)O)c1. The molecule has 5 nitrogen and oxygen atoms in total. The first-order valence-electron chi connectivity index (χ1n) is 6.10. The van der Waals surface area contributed by atoms with Crippen LogP contribution in [0.4, 0.5) is 0 Å². The Morgan fingerprint density at radius 3 is 2.58 bits per heavy atom. The lowest BCUT2D eigenvalue weighted by atomic mass is 10.0. The van der Waals surface area contributed by atoms with Gasteiger partial charge in [0.2, 0.25) is 10.0 Å². The summed E-state index contributed by atoms with van der Waals surface area (Å²) in [6, 6.07) is 1.01. The third kappa shape index (κ3) is 4.59. The van der Waals surface area contributed by atoms with Gasteiger partial charge in [-0.2, -0.15) is 0 Å². The molecule has 1 aromatic rings. The molecule has 0 aliphatic rings. The standard InChI is InChI=1S/C12H19NO4S2/c1-4-8(2)5-9(3)13-19(16,17)10-6-11(12(14)15)18-7-10/h6-9,13H,4-5H2,1-3H3,(H,14,15). The maximum Gasteiger partial charge on any atom is 0.345 e. The predicted octanol–water partition coefficient (Wildman–Crippen LogP) is 2.55. The van der Waals surface area contributed by atoms with Crippen LogP contribution in [0.5, 0.6) is 0 Å². The Balaban J connectivity index is 2.77. The highest BCUT2D eigenvalue weighted by Crippen LogP contribution is 2.20. The van der Waals surface area contributed by atoms with Gasteiger partial charge in [0.25, 0.3) is 0 Å². The molecule has 1 heterocycles. The molecule has 0 amide bonds. The van der Waals surface area contributed by atoms with Crippen LogP contribution in [-0.2, 0) is 10.0 Å². The zero-order chi connectivity index (χ0) is 14.6. The number of hydrogen-bond donors (Lipinski definition) is 2. The van der Waals surface area contributed by atoms with Crippen molar-refractivity contribution in [2.75, 3.05) is 0 Å². The van der Waals surface area contributed by atoms with Crippen molar-refractivity contribution in [3.8, 4) is 0 Å². The maximum atomic E-state index is 12.1. The molecule has 0 aliphatic heterocycles. The van der Waals surface area contributed by atoms with Gasteiger partial charge in [-0.25, -0.2) is 17.9 Å². The molecule has 1 rings (SSSR count). The fourth-order valence-electron chi connectivity index (χ4n) is 1.72. The smallest absolute Gasteiger partial charge is 0.345 e. The normalized spacial score (nSPS) is 15.1. The summed E-state index contributed by atoms with van der Waals surface area (Å²) in [5.74, 6) is -0.672. The molecular formula is C12H19NO4S2. The van der Waals surface area contributed by atoms with Crippen molar-refractivity contribution in [3.63, 3.8) is 0 Å². The third-order valence-electron chi connectivity index (χ3n) is 2.91. The average Bonchev–Trinajstić information content (AvgIpc) is 2.77. The van der Waals surface area contributed by atoms with E-state index in [1.54, 1.807) is 0 Å². The Morgan fingerprint density at radius 1 is 1.47 bits per heavy atom. The minimum absolute atomic E-state index is 0.0194. The van der Waals surface area contributed by atoms with E-state index in [0.717, 1.165) is 24.2 Å². The molecule has 0 fully saturated rings. The summed E-state index contributed by atoms with van der Waals surface area (Å²) < 4.78 is 26.7. The molecule has 1 aromatic heterocycles. The fraction of sp³-hybridized carbons (Fsp3) is 0.583. The van der Waals surface area contributed by atoms with Crippen LogP contribution in [0.25, 0.3) is 0 Å². The second kappa shape index (κ2) is 6.49. The number of carboxylic acid groups (broad SMARTS) is 1. The number of carbonyl (C=O) groups is 1. The molecule has 108 valence electrons. The summed E-state index contributed by atoms with van der Waals surface area (Å²) in [6.45, 7) is 5.94. The van der Waals surface area contributed by atoms with E-state index in [9.17, 15) is 13.2 Å². The van der Waals surface area contributed by atoms with Crippen molar-refractivity contribution in [1.82, 2.24) is 4.72 Å². The van der Waals surface area contributed by atoms with Crippen LogP contribution in [0.1, 0.15) is 43.3 Å². The van der Waals surface area contributed by atoms with Gasteiger partial charge >= 0.3 is 5.97 Å². The number of thiophene rings is 1. The molecule has 0 saturated carbocycles. The summed E-state index contributed by atoms with van der Waals surface area (Å²) in [5, 5.41) is 10.1. The van der Waals surface area contributed by atoms with Gasteiger partial charge in [0, 0.05) is 11.4 Å². The molecule has 2 unspecified atom stereocenters. The first kappa shape index (κ1) is 16.1. The molecule has 0 aliphatic carbocycles. The van der Waals surface area contributed by atoms with E-state index in [2.05, 4.69) is 18.6 Å². The van der Waals surface area contributed by atoms with Gasteiger partial charge in [0.05, 0.1) is 4.90 Å². The Kier molecular flexibility index (Phi) is 5.51. The lowest BCUT2D eigenvalue weighted by molar-refractivity contribution is 0.0702. The fourth-order valence-corrected chi connectivity index (χ4v) is 4.09. The van der Waals surface area contributed by atoms with Crippen molar-refractivity contribution in [3.05, 3.63) is 16.3 Å². The second-order valence-corrected chi connectivity index (χ2v) is 7.35. The van der Waals surface area contributed by atoms with E-state index in [-0.39, 0.29) is 15.8 Å². The largest absolute Gasteiger partial charge is 0.477 e. The van der Waals surface area contributed by atoms with E-state index in [0.29, 0.717) is 5.92 Å². The number of sulfonamides is 1. The Hall–Kier alpha value is -0.920. The molecule has 0 radical (unpaired) electrons. The monoisotopic (exact) mass is 305 g/mol. The molecule has 19 heavy (non-hydrogen) atoms. The van der Waals surface area contributed by atoms with Crippen LogP contribution in [0.2, 0.25) is 0 Å². The van der Waals surface area contributed by atoms with Gasteiger partial charge in [-0.1, -0.05) is 20.3 Å². The van der Waals surface area contributed by atoms with E-state index in [1.165, 1.54) is 11.4 Å². The van der Waals surface area contributed by atoms with Gasteiger partial charge in [-0.3, -0.25) is 0 Å². The van der Waals surface area contributed by atoms with Crippen molar-refractivity contribution >= 4 is 27.3 Å². The molecule has 0 saturated heterocycles. The second-order valence-electron chi connectivity index (χ2n) is 4.72. The minimum Gasteiger partial charge on any atom is -0.477 e. The first-order chi connectivity index (χ1) is 8.76. The zero-order valence-electron chi connectivity index (χ0n) is 11.2. The highest BCUT2D eigenvalue weighted by Gasteiger charge is 2.21. The Morgan fingerprint density at radius 2 is 2.11 bits per heavy atom. The van der Waals surface area contributed by atoms with Gasteiger partial charge in [-0.15, -0.1) is 11.3 Å². The number of nitrogens with one attached hydrogen (secondary N) is 1. The molecule has 0 bridgehead atoms. The van der Waals surface area contributed by atoms with Crippen LogP contribution in [0, 0.1) is 5.92 Å². The molecule has 0 aromatic carbocycles. The third-order valence-corrected chi connectivity index (χ3v) is 5.54. The summed E-state index contributed by atoms with van der Waals surface area (Å²) in [6.07, 6.45) is 1.75. The summed E-state index contributed by atoms with van der Waals surface area (Å²) >= 11 is 0.911. The number of carboxylic acids is 1. The topological polar surface area (TPSA) is 83.5 Å². The molecule has 7 heteroatoms. The number of hydrogen-bond acceptors (Lipinski definition) is 4. The van der Waals surface area contributed by atoms with Crippen molar-refractivity contribution in [2.45, 2.75) is 44.6 Å². The Labute approximate surface area is 117 Å². The van der Waals surface area contributed by atoms with Crippen molar-refractivity contribution in [2.24, 2.45) is 5.92 Å². The summed E-state index contributed by atoms with van der Waals surface area (Å²) in [7, 11) is -3.63. The first-order valence-corrected chi connectivity index (χ1v) is 8.46. The highest BCUT2D eigenvalue weighted by atomic mass is 32.2. The van der Waals surface area contributed by atoms with Gasteiger partial charge in [0.1, 0.15) is 4.88 Å². The van der Waals surface area contributed by atoms with E-state index in [4.69, 9.17) is 5.11 Å². The molecule has 0 spiro atoms. The molecule has 2 atom stereocenters. The maximum absolute atomic E-state index is 12.1. The molecular weight excluding hydrogens is 286 g/mol. The van der Waals surface area contributed by atoms with Gasteiger partial charge in [0.15, 0.2) is 0 Å². The van der Waals surface area contributed by atoms with Crippen molar-refractivity contribution < 1.29 is 18.3 Å². The number of aromatic carboxylic acids is 1. The lowest BCUT2D eigenvalue weighted by Gasteiger charge is -2.17. The van der Waals surface area contributed by atoms with Crippen molar-refractivity contribution in [1.29, 1.82) is 0 Å². The van der Waals surface area contributed by atoms with Gasteiger partial charge in [-0.05, 0) is 25.3 Å². The number of rotatable bonds is 7. The van der Waals surface area contributed by atoms with Crippen LogP contribution < -0.4 is 4.72 Å². The highest BCUT2D eigenvalue weighted by molar-refractivity contribution is 7.89. The zero-order valence-corrected chi connectivity index (χ0v) is 12.8. The Bertz CT molecular complexity index is 536. The lowest BCUT2D eigenvalue weighted by Crippen LogP contribution is -2.33.